The molecule has 0 aliphatic heterocycles. The van der Waals surface area contributed by atoms with Crippen LogP contribution < -0.4 is 9.80 Å². The van der Waals surface area contributed by atoms with E-state index in [2.05, 4.69) is 244 Å². The maximum absolute atomic E-state index is 2.31. The molecule has 0 N–H and O–H groups in total. The number of benzene rings is 8. The molecule has 272 valence electrons. The first-order valence-electron chi connectivity index (χ1n) is 19.3. The highest BCUT2D eigenvalue weighted by molar-refractivity contribution is 5.89. The van der Waals surface area contributed by atoms with Crippen molar-refractivity contribution in [2.24, 2.45) is 0 Å². The monoisotopic (exact) mass is 722 g/mol. The van der Waals surface area contributed by atoms with E-state index in [1.807, 2.05) is 0 Å². The summed E-state index contributed by atoms with van der Waals surface area (Å²) in [6.45, 7) is 8.50. The Hall–Kier alpha value is -6.90. The lowest BCUT2D eigenvalue weighted by molar-refractivity contribution is 1.27. The summed E-state index contributed by atoms with van der Waals surface area (Å²) in [5, 5.41) is 2.45. The molecular weight excluding hydrogens is 677 g/mol. The first kappa shape index (κ1) is 36.1. The van der Waals surface area contributed by atoms with Crippen LogP contribution in [0.2, 0.25) is 0 Å². The highest BCUT2D eigenvalue weighted by Gasteiger charge is 2.13. The topological polar surface area (TPSA) is 6.48 Å². The smallest absolute Gasteiger partial charge is 0.0462 e. The van der Waals surface area contributed by atoms with Crippen LogP contribution in [0.1, 0.15) is 44.5 Å². The van der Waals surface area contributed by atoms with Gasteiger partial charge >= 0.3 is 0 Å². The van der Waals surface area contributed by atoms with Crippen LogP contribution in [0.15, 0.2) is 182 Å². The van der Waals surface area contributed by atoms with E-state index in [0.29, 0.717) is 0 Å². The van der Waals surface area contributed by atoms with E-state index in [0.717, 1.165) is 45.3 Å². The first-order valence-corrected chi connectivity index (χ1v) is 19.3. The standard InChI is InChI=1S/C54H46N2/c1-39-5-25-49(26-6-39)55(50-27-7-40(2)8-28-50)53-33-19-43(20-34-53)13-15-45-17-23-48-38-46(18-24-47(48)37-45)16-14-44-21-35-54(36-22-44)56(51-29-9-41(3)10-30-51)52-31-11-42(4)12-32-52/h5-38H,1-4H3/b15-13+,16-14+. The Kier molecular flexibility index (Phi) is 10.5. The molecule has 8 rings (SSSR count). The fourth-order valence-corrected chi connectivity index (χ4v) is 7.01. The van der Waals surface area contributed by atoms with Crippen LogP contribution in [0.5, 0.6) is 0 Å². The van der Waals surface area contributed by atoms with Gasteiger partial charge in [-0.1, -0.05) is 144 Å². The molecule has 0 aliphatic rings. The van der Waals surface area contributed by atoms with Crippen molar-refractivity contribution < 1.29 is 0 Å². The maximum atomic E-state index is 2.31. The zero-order valence-electron chi connectivity index (χ0n) is 32.5. The van der Waals surface area contributed by atoms with Gasteiger partial charge in [0.05, 0.1) is 0 Å². The van der Waals surface area contributed by atoms with Gasteiger partial charge in [0.25, 0.3) is 0 Å². The van der Waals surface area contributed by atoms with Crippen LogP contribution in [0.25, 0.3) is 35.1 Å². The van der Waals surface area contributed by atoms with Crippen molar-refractivity contribution in [3.8, 4) is 0 Å². The number of fused-ring (bicyclic) bond motifs is 1. The molecule has 8 aromatic rings. The van der Waals surface area contributed by atoms with E-state index in [1.165, 1.54) is 44.2 Å². The first-order chi connectivity index (χ1) is 27.3. The summed E-state index contributed by atoms with van der Waals surface area (Å²) in [6.07, 6.45) is 8.78. The molecule has 0 aliphatic carbocycles. The number of anilines is 6. The number of nitrogens with zero attached hydrogens (tertiary/aromatic N) is 2. The zero-order chi connectivity index (χ0) is 38.4. The Labute approximate surface area is 332 Å². The van der Waals surface area contributed by atoms with Crippen molar-refractivity contribution in [2.75, 3.05) is 9.80 Å². The summed E-state index contributed by atoms with van der Waals surface area (Å²) in [7, 11) is 0. The molecule has 0 radical (unpaired) electrons. The van der Waals surface area contributed by atoms with Gasteiger partial charge in [-0.3, -0.25) is 0 Å². The van der Waals surface area contributed by atoms with E-state index in [1.54, 1.807) is 0 Å². The van der Waals surface area contributed by atoms with Gasteiger partial charge in [-0.2, -0.15) is 0 Å². The molecule has 0 atom stereocenters. The third-order valence-electron chi connectivity index (χ3n) is 10.3. The van der Waals surface area contributed by atoms with E-state index in [-0.39, 0.29) is 0 Å². The SMILES string of the molecule is Cc1ccc(N(c2ccc(C)cc2)c2ccc(/C=C/c3ccc4cc(/C=C/c5ccc(N(c6ccc(C)cc6)c6ccc(C)cc6)cc5)ccc4c3)cc2)cc1. The normalized spacial score (nSPS) is 11.4. The van der Waals surface area contributed by atoms with Gasteiger partial charge in [0.1, 0.15) is 0 Å². The lowest BCUT2D eigenvalue weighted by atomic mass is 10.0. The molecule has 0 saturated heterocycles. The summed E-state index contributed by atoms with van der Waals surface area (Å²) in [6, 6.07) is 65.8. The molecule has 2 heteroatoms. The Morgan fingerprint density at radius 1 is 0.250 bits per heavy atom. The molecule has 2 nitrogen and oxygen atoms in total. The number of aryl methyl sites for hydroxylation is 4. The number of hydrogen-bond acceptors (Lipinski definition) is 2. The average Bonchev–Trinajstić information content (AvgIpc) is 3.23. The van der Waals surface area contributed by atoms with Gasteiger partial charge in [-0.25, -0.2) is 0 Å². The molecule has 0 fully saturated rings. The van der Waals surface area contributed by atoms with Crippen LogP contribution in [-0.2, 0) is 0 Å². The Morgan fingerprint density at radius 2 is 0.464 bits per heavy atom. The van der Waals surface area contributed by atoms with Crippen molar-refractivity contribution in [3.63, 3.8) is 0 Å². The van der Waals surface area contributed by atoms with Crippen molar-refractivity contribution in [3.05, 3.63) is 226 Å². The van der Waals surface area contributed by atoms with E-state index in [9.17, 15) is 0 Å². The van der Waals surface area contributed by atoms with Crippen LogP contribution in [0.3, 0.4) is 0 Å². The Balaban J connectivity index is 0.956. The fraction of sp³-hybridized carbons (Fsp3) is 0.0741. The van der Waals surface area contributed by atoms with Gasteiger partial charge < -0.3 is 9.80 Å². The van der Waals surface area contributed by atoms with Gasteiger partial charge in [-0.15, -0.1) is 0 Å². The second-order valence-corrected chi connectivity index (χ2v) is 14.7. The molecule has 0 saturated carbocycles. The van der Waals surface area contributed by atoms with Gasteiger partial charge in [0.15, 0.2) is 0 Å². The lowest BCUT2D eigenvalue weighted by Crippen LogP contribution is -2.09. The molecule has 0 amide bonds. The average molecular weight is 723 g/mol. The minimum absolute atomic E-state index is 1.13. The lowest BCUT2D eigenvalue weighted by Gasteiger charge is -2.25. The summed E-state index contributed by atoms with van der Waals surface area (Å²) in [5.41, 5.74) is 16.5. The Bertz CT molecular complexity index is 2330. The van der Waals surface area contributed by atoms with Crippen LogP contribution in [0, 0.1) is 27.7 Å². The predicted octanol–water partition coefficient (Wildman–Crippen LogP) is 15.4. The van der Waals surface area contributed by atoms with Gasteiger partial charge in [-0.05, 0) is 146 Å². The highest BCUT2D eigenvalue weighted by Crippen LogP contribution is 2.36. The molecule has 56 heavy (non-hydrogen) atoms. The third-order valence-corrected chi connectivity index (χ3v) is 10.3. The van der Waals surface area contributed by atoms with Crippen LogP contribution in [0.4, 0.5) is 34.1 Å². The van der Waals surface area contributed by atoms with E-state index in [4.69, 9.17) is 0 Å². The minimum atomic E-state index is 1.13. The molecule has 0 unspecified atom stereocenters. The molecule has 8 aromatic carbocycles. The minimum Gasteiger partial charge on any atom is -0.311 e. The second kappa shape index (κ2) is 16.2. The zero-order valence-corrected chi connectivity index (χ0v) is 32.5. The highest BCUT2D eigenvalue weighted by atomic mass is 15.1. The quantitative estimate of drug-likeness (QED) is 0.130. The molecule has 0 aromatic heterocycles. The van der Waals surface area contributed by atoms with E-state index >= 15 is 0 Å². The molecular formula is C54H46N2. The van der Waals surface area contributed by atoms with Crippen molar-refractivity contribution in [2.45, 2.75) is 27.7 Å². The summed E-state index contributed by atoms with van der Waals surface area (Å²) in [5.74, 6) is 0. The Morgan fingerprint density at radius 3 is 0.732 bits per heavy atom. The van der Waals surface area contributed by atoms with Gasteiger partial charge in [0, 0.05) is 34.1 Å². The fourth-order valence-electron chi connectivity index (χ4n) is 7.01. The van der Waals surface area contributed by atoms with Crippen molar-refractivity contribution in [1.29, 1.82) is 0 Å². The van der Waals surface area contributed by atoms with Gasteiger partial charge in [0.2, 0.25) is 0 Å². The molecule has 0 heterocycles. The third kappa shape index (κ3) is 8.41. The largest absolute Gasteiger partial charge is 0.311 e. The maximum Gasteiger partial charge on any atom is 0.0462 e. The molecule has 0 spiro atoms. The van der Waals surface area contributed by atoms with E-state index < -0.39 is 0 Å². The number of rotatable bonds is 10. The van der Waals surface area contributed by atoms with Crippen molar-refractivity contribution in [1.82, 2.24) is 0 Å². The molecule has 0 bridgehead atoms. The summed E-state index contributed by atoms with van der Waals surface area (Å²) >= 11 is 0. The summed E-state index contributed by atoms with van der Waals surface area (Å²) < 4.78 is 0. The number of hydrogen-bond donors (Lipinski definition) is 0. The van der Waals surface area contributed by atoms with Crippen LogP contribution >= 0.6 is 0 Å². The van der Waals surface area contributed by atoms with Crippen LogP contribution in [-0.4, -0.2) is 0 Å². The second-order valence-electron chi connectivity index (χ2n) is 14.7. The van der Waals surface area contributed by atoms with Crippen molar-refractivity contribution >= 4 is 69.2 Å². The summed E-state index contributed by atoms with van der Waals surface area (Å²) in [4.78, 5) is 4.62. The predicted molar refractivity (Wildman–Crippen MR) is 243 cm³/mol.